The zero-order chi connectivity index (χ0) is 19.7. The van der Waals surface area contributed by atoms with E-state index < -0.39 is 0 Å². The number of aromatic amines is 1. The van der Waals surface area contributed by atoms with Crippen LogP contribution in [0, 0.1) is 13.8 Å². The topological polar surface area (TPSA) is 86.6 Å². The Balaban J connectivity index is 1.72. The van der Waals surface area contributed by atoms with Crippen LogP contribution < -0.4 is 0 Å². The molecule has 144 valence electrons. The lowest BCUT2D eigenvalue weighted by atomic mass is 10.0. The number of carbonyl (C=O) groups excluding carboxylic acids is 3. The summed E-state index contributed by atoms with van der Waals surface area (Å²) in [5.41, 5.74) is 3.18. The summed E-state index contributed by atoms with van der Waals surface area (Å²) in [6.07, 6.45) is 2.12. The molecule has 0 radical (unpaired) electrons. The molecule has 2 amide bonds. The van der Waals surface area contributed by atoms with Crippen LogP contribution in [0.2, 0.25) is 0 Å². The quantitative estimate of drug-likeness (QED) is 0.837. The molecular weight excluding hydrogens is 346 g/mol. The van der Waals surface area contributed by atoms with E-state index >= 15 is 0 Å². The van der Waals surface area contributed by atoms with Gasteiger partial charge in [0, 0.05) is 37.4 Å². The molecule has 1 saturated heterocycles. The molecule has 0 unspecified atom stereocenters. The molecule has 27 heavy (non-hydrogen) atoms. The molecule has 0 bridgehead atoms. The lowest BCUT2D eigenvalue weighted by Gasteiger charge is -2.34. The van der Waals surface area contributed by atoms with Crippen LogP contribution in [-0.4, -0.2) is 58.6 Å². The normalized spacial score (nSPS) is 14.5. The minimum atomic E-state index is -0.117. The van der Waals surface area contributed by atoms with Gasteiger partial charge in [0.25, 0.3) is 11.8 Å². The van der Waals surface area contributed by atoms with Crippen molar-refractivity contribution in [2.45, 2.75) is 34.1 Å². The van der Waals surface area contributed by atoms with Crippen LogP contribution in [0.1, 0.15) is 62.1 Å². The number of H-pyrrole nitrogens is 1. The first-order valence-corrected chi connectivity index (χ1v) is 9.20. The highest BCUT2D eigenvalue weighted by Gasteiger charge is 2.30. The molecule has 1 aliphatic rings. The van der Waals surface area contributed by atoms with Crippen molar-refractivity contribution in [3.63, 3.8) is 0 Å². The molecule has 0 spiro atoms. The molecule has 0 atom stereocenters. The van der Waals surface area contributed by atoms with Crippen LogP contribution >= 0.6 is 0 Å². The second-order valence-corrected chi connectivity index (χ2v) is 6.86. The zero-order valence-corrected chi connectivity index (χ0v) is 16.2. The number of hydrogen-bond acceptors (Lipinski definition) is 4. The average molecular weight is 371 g/mol. The largest absolute Gasteiger partial charge is 0.469 e. The maximum Gasteiger partial charge on any atom is 0.270 e. The summed E-state index contributed by atoms with van der Waals surface area (Å²) in [5, 5.41) is 0. The predicted octanol–water partition coefficient (Wildman–Crippen LogP) is 2.59. The van der Waals surface area contributed by atoms with Gasteiger partial charge in [-0.25, -0.2) is 0 Å². The second-order valence-electron chi connectivity index (χ2n) is 6.86. The fourth-order valence-electron chi connectivity index (χ4n) is 3.74. The Hall–Kier alpha value is -2.83. The van der Waals surface area contributed by atoms with Gasteiger partial charge >= 0.3 is 0 Å². The van der Waals surface area contributed by atoms with Crippen molar-refractivity contribution in [2.24, 2.45) is 0 Å². The van der Waals surface area contributed by atoms with Crippen molar-refractivity contribution in [1.29, 1.82) is 0 Å². The maximum atomic E-state index is 13.0. The van der Waals surface area contributed by atoms with E-state index in [0.29, 0.717) is 55.2 Å². The molecule has 7 heteroatoms. The Kier molecular flexibility index (Phi) is 5.21. The van der Waals surface area contributed by atoms with Crippen LogP contribution in [-0.2, 0) is 6.42 Å². The third-order valence-electron chi connectivity index (χ3n) is 5.15. The van der Waals surface area contributed by atoms with Crippen LogP contribution in [0.4, 0.5) is 0 Å². The van der Waals surface area contributed by atoms with Gasteiger partial charge in [0.2, 0.25) is 0 Å². The number of carbonyl (C=O) groups is 3. The molecule has 2 aromatic rings. The minimum absolute atomic E-state index is 0.0365. The van der Waals surface area contributed by atoms with Crippen molar-refractivity contribution in [1.82, 2.24) is 14.8 Å². The first-order chi connectivity index (χ1) is 12.8. The second kappa shape index (κ2) is 7.42. The van der Waals surface area contributed by atoms with E-state index in [1.807, 2.05) is 13.8 Å². The Morgan fingerprint density at radius 1 is 1.07 bits per heavy atom. The Morgan fingerprint density at radius 3 is 2.15 bits per heavy atom. The van der Waals surface area contributed by atoms with E-state index in [9.17, 15) is 14.4 Å². The number of rotatable bonds is 4. The van der Waals surface area contributed by atoms with Gasteiger partial charge in [-0.15, -0.1) is 0 Å². The molecule has 3 rings (SSSR count). The highest BCUT2D eigenvalue weighted by atomic mass is 16.3. The van der Waals surface area contributed by atoms with E-state index in [-0.39, 0.29) is 17.6 Å². The van der Waals surface area contributed by atoms with Gasteiger partial charge in [-0.2, -0.15) is 0 Å². The predicted molar refractivity (Wildman–Crippen MR) is 100 cm³/mol. The molecule has 3 heterocycles. The standard InChI is InChI=1S/C20H25N3O4/c1-5-15-17(13(3)24)12(2)21-18(15)20(26)23-9-7-22(8-10-23)19(25)16-6-11-27-14(16)4/h6,11,21H,5,7-10H2,1-4H3. The minimum Gasteiger partial charge on any atom is -0.469 e. The molecule has 2 aromatic heterocycles. The van der Waals surface area contributed by atoms with E-state index in [2.05, 4.69) is 4.98 Å². The lowest BCUT2D eigenvalue weighted by molar-refractivity contribution is 0.0531. The van der Waals surface area contributed by atoms with E-state index in [1.54, 1.807) is 22.8 Å². The highest BCUT2D eigenvalue weighted by Crippen LogP contribution is 2.22. The smallest absolute Gasteiger partial charge is 0.270 e. The van der Waals surface area contributed by atoms with Crippen LogP contribution in [0.3, 0.4) is 0 Å². The number of piperazine rings is 1. The fourth-order valence-corrected chi connectivity index (χ4v) is 3.74. The zero-order valence-electron chi connectivity index (χ0n) is 16.2. The van der Waals surface area contributed by atoms with Gasteiger partial charge in [-0.1, -0.05) is 6.92 Å². The molecule has 0 aliphatic carbocycles. The number of aryl methyl sites for hydroxylation is 2. The summed E-state index contributed by atoms with van der Waals surface area (Å²) in [5.74, 6) is 0.376. The van der Waals surface area contributed by atoms with E-state index in [4.69, 9.17) is 4.42 Å². The molecule has 0 aromatic carbocycles. The maximum absolute atomic E-state index is 13.0. The Bertz CT molecular complexity index is 885. The summed E-state index contributed by atoms with van der Waals surface area (Å²) < 4.78 is 5.21. The molecule has 1 fully saturated rings. The number of furan rings is 1. The first kappa shape index (κ1) is 18.9. The summed E-state index contributed by atoms with van der Waals surface area (Å²) in [7, 11) is 0. The Labute approximate surface area is 158 Å². The van der Waals surface area contributed by atoms with Gasteiger partial charge in [-0.05, 0) is 38.8 Å². The van der Waals surface area contributed by atoms with Crippen molar-refractivity contribution in [3.8, 4) is 0 Å². The molecule has 0 saturated carbocycles. The average Bonchev–Trinajstić information content (AvgIpc) is 3.23. The lowest BCUT2D eigenvalue weighted by Crippen LogP contribution is -2.50. The third-order valence-corrected chi connectivity index (χ3v) is 5.15. The van der Waals surface area contributed by atoms with E-state index in [0.717, 1.165) is 11.3 Å². The number of Topliss-reactive ketones (excluding diaryl/α,β-unsaturated/α-hetero) is 1. The number of ketones is 1. The van der Waals surface area contributed by atoms with Crippen molar-refractivity contribution in [2.75, 3.05) is 26.2 Å². The van der Waals surface area contributed by atoms with Crippen LogP contribution in [0.15, 0.2) is 16.7 Å². The fraction of sp³-hybridized carbons (Fsp3) is 0.450. The van der Waals surface area contributed by atoms with Gasteiger partial charge in [-0.3, -0.25) is 14.4 Å². The van der Waals surface area contributed by atoms with Gasteiger partial charge in [0.15, 0.2) is 5.78 Å². The SMILES string of the molecule is CCc1c(C(=O)N2CCN(C(=O)c3ccoc3C)CC2)[nH]c(C)c1C(C)=O. The molecule has 1 aliphatic heterocycles. The number of nitrogens with one attached hydrogen (secondary N) is 1. The number of aromatic nitrogens is 1. The summed E-state index contributed by atoms with van der Waals surface area (Å²) in [4.78, 5) is 44.1. The molecule has 7 nitrogen and oxygen atoms in total. The van der Waals surface area contributed by atoms with Gasteiger partial charge in [0.05, 0.1) is 11.8 Å². The molecule has 1 N–H and O–H groups in total. The van der Waals surface area contributed by atoms with Crippen molar-refractivity contribution >= 4 is 17.6 Å². The first-order valence-electron chi connectivity index (χ1n) is 9.20. The summed E-state index contributed by atoms with van der Waals surface area (Å²) in [6.45, 7) is 8.89. The number of hydrogen-bond donors (Lipinski definition) is 1. The van der Waals surface area contributed by atoms with Gasteiger partial charge < -0.3 is 19.2 Å². The number of amides is 2. The third kappa shape index (κ3) is 3.41. The van der Waals surface area contributed by atoms with Gasteiger partial charge in [0.1, 0.15) is 11.5 Å². The Morgan fingerprint density at radius 2 is 1.67 bits per heavy atom. The van der Waals surface area contributed by atoms with Crippen molar-refractivity contribution in [3.05, 3.63) is 46.2 Å². The molecular formula is C20H25N3O4. The summed E-state index contributed by atoms with van der Waals surface area (Å²) >= 11 is 0. The summed E-state index contributed by atoms with van der Waals surface area (Å²) in [6, 6.07) is 1.67. The highest BCUT2D eigenvalue weighted by molar-refractivity contribution is 6.03. The van der Waals surface area contributed by atoms with Crippen LogP contribution in [0.5, 0.6) is 0 Å². The number of nitrogens with zero attached hydrogens (tertiary/aromatic N) is 2. The van der Waals surface area contributed by atoms with E-state index in [1.165, 1.54) is 13.2 Å². The van der Waals surface area contributed by atoms with Crippen LogP contribution in [0.25, 0.3) is 0 Å². The monoisotopic (exact) mass is 371 g/mol. The van der Waals surface area contributed by atoms with Crippen molar-refractivity contribution < 1.29 is 18.8 Å².